The van der Waals surface area contributed by atoms with Gasteiger partial charge >= 0.3 is 0 Å². The van der Waals surface area contributed by atoms with Crippen LogP contribution in [-0.2, 0) is 0 Å². The summed E-state index contributed by atoms with van der Waals surface area (Å²) in [6, 6.07) is 5.10. The highest BCUT2D eigenvalue weighted by Crippen LogP contribution is 2.16. The van der Waals surface area contributed by atoms with Gasteiger partial charge in [0.2, 0.25) is 0 Å². The van der Waals surface area contributed by atoms with Crippen molar-refractivity contribution in [3.63, 3.8) is 0 Å². The van der Waals surface area contributed by atoms with E-state index in [0.717, 1.165) is 12.1 Å². The van der Waals surface area contributed by atoms with Gasteiger partial charge in [-0.05, 0) is 44.4 Å². The Balaban J connectivity index is 2.71. The highest BCUT2D eigenvalue weighted by molar-refractivity contribution is 5.80. The smallest absolute Gasteiger partial charge is 0.191 e. The topological polar surface area (TPSA) is 36.4 Å². The molecule has 1 atom stereocenters. The van der Waals surface area contributed by atoms with Crippen molar-refractivity contribution in [3.05, 3.63) is 35.1 Å². The molecule has 0 amide bonds. The maximum atomic E-state index is 13.6. The number of hydrogen-bond donors (Lipinski definition) is 2. The van der Waals surface area contributed by atoms with Crippen LogP contribution in [0.15, 0.2) is 23.2 Å². The van der Waals surface area contributed by atoms with E-state index in [9.17, 15) is 8.78 Å². The molecule has 0 aliphatic carbocycles. The molecule has 0 aliphatic heterocycles. The number of aliphatic imine (C=N–C) groups is 1. The Morgan fingerprint density at radius 1 is 1.40 bits per heavy atom. The Kier molecular flexibility index (Phi) is 6.98. The van der Waals surface area contributed by atoms with Gasteiger partial charge in [-0.1, -0.05) is 12.1 Å². The summed E-state index contributed by atoms with van der Waals surface area (Å²) in [7, 11) is 0. The van der Waals surface area contributed by atoms with E-state index in [4.69, 9.17) is 0 Å². The lowest BCUT2D eigenvalue weighted by Gasteiger charge is -2.18. The lowest BCUT2D eigenvalue weighted by molar-refractivity contribution is 0.477. The third-order valence-electron chi connectivity index (χ3n) is 2.95. The first kappa shape index (κ1) is 16.4. The van der Waals surface area contributed by atoms with E-state index in [1.165, 1.54) is 6.07 Å². The van der Waals surface area contributed by atoms with E-state index in [-0.39, 0.29) is 18.5 Å². The fourth-order valence-electron chi connectivity index (χ4n) is 1.74. The minimum atomic E-state index is -0.373. The van der Waals surface area contributed by atoms with Crippen molar-refractivity contribution < 1.29 is 8.78 Å². The van der Waals surface area contributed by atoms with Crippen LogP contribution in [0.4, 0.5) is 8.78 Å². The number of nitrogens with one attached hydrogen (secondary N) is 2. The van der Waals surface area contributed by atoms with Crippen molar-refractivity contribution in [1.29, 1.82) is 0 Å². The van der Waals surface area contributed by atoms with Crippen LogP contribution >= 0.6 is 0 Å². The van der Waals surface area contributed by atoms with Gasteiger partial charge in [-0.2, -0.15) is 0 Å². The van der Waals surface area contributed by atoms with Gasteiger partial charge in [0.25, 0.3) is 0 Å². The summed E-state index contributed by atoms with van der Waals surface area (Å²) < 4.78 is 25.6. The number of benzene rings is 1. The van der Waals surface area contributed by atoms with Gasteiger partial charge in [0.15, 0.2) is 5.96 Å². The zero-order valence-electron chi connectivity index (χ0n) is 12.3. The van der Waals surface area contributed by atoms with Crippen LogP contribution in [0.25, 0.3) is 0 Å². The quantitative estimate of drug-likeness (QED) is 0.478. The molecule has 1 aromatic carbocycles. The average Bonchev–Trinajstić information content (AvgIpc) is 2.42. The maximum Gasteiger partial charge on any atom is 0.191 e. The third kappa shape index (κ3) is 5.15. The van der Waals surface area contributed by atoms with Crippen LogP contribution in [-0.4, -0.2) is 25.7 Å². The molecule has 20 heavy (non-hydrogen) atoms. The van der Waals surface area contributed by atoms with E-state index in [1.54, 1.807) is 13.0 Å². The first-order chi connectivity index (χ1) is 9.58. The molecule has 0 aliphatic rings. The van der Waals surface area contributed by atoms with E-state index >= 15 is 0 Å². The van der Waals surface area contributed by atoms with E-state index in [2.05, 4.69) is 15.6 Å². The first-order valence-electron chi connectivity index (χ1n) is 6.95. The summed E-state index contributed by atoms with van der Waals surface area (Å²) >= 11 is 0. The standard InChI is InChI=1S/C15H23F2N3/c1-4-18-15(19-9-5-8-16)20-12(3)13-7-6-11(2)14(17)10-13/h6-7,10,12H,4-5,8-9H2,1-3H3,(H2,18,19,20). The summed E-state index contributed by atoms with van der Waals surface area (Å²) in [4.78, 5) is 4.27. The molecular weight excluding hydrogens is 260 g/mol. The minimum Gasteiger partial charge on any atom is -0.357 e. The number of halogens is 2. The molecule has 0 saturated carbocycles. The highest BCUT2D eigenvalue weighted by atomic mass is 19.1. The van der Waals surface area contributed by atoms with Gasteiger partial charge in [-0.3, -0.25) is 9.38 Å². The second-order valence-electron chi connectivity index (χ2n) is 4.68. The summed E-state index contributed by atoms with van der Waals surface area (Å²) in [6.07, 6.45) is 0.407. The zero-order chi connectivity index (χ0) is 15.0. The van der Waals surface area contributed by atoms with E-state index < -0.39 is 0 Å². The number of alkyl halides is 1. The van der Waals surface area contributed by atoms with Gasteiger partial charge in [0, 0.05) is 13.1 Å². The molecule has 0 bridgehead atoms. The molecule has 0 saturated heterocycles. The molecular formula is C15H23F2N3. The molecule has 112 valence electrons. The maximum absolute atomic E-state index is 13.6. The highest BCUT2D eigenvalue weighted by Gasteiger charge is 2.09. The molecule has 1 unspecified atom stereocenters. The van der Waals surface area contributed by atoms with Crippen LogP contribution in [0, 0.1) is 12.7 Å². The van der Waals surface area contributed by atoms with Gasteiger partial charge in [0.05, 0.1) is 12.7 Å². The van der Waals surface area contributed by atoms with E-state index in [1.807, 2.05) is 19.9 Å². The third-order valence-corrected chi connectivity index (χ3v) is 2.95. The zero-order valence-corrected chi connectivity index (χ0v) is 12.3. The number of guanidine groups is 1. The van der Waals surface area contributed by atoms with Crippen molar-refractivity contribution in [1.82, 2.24) is 10.6 Å². The van der Waals surface area contributed by atoms with Crippen LogP contribution in [0.3, 0.4) is 0 Å². The summed E-state index contributed by atoms with van der Waals surface area (Å²) in [6.45, 7) is 6.41. The number of aryl methyl sites for hydroxylation is 1. The number of nitrogens with zero attached hydrogens (tertiary/aromatic N) is 1. The van der Waals surface area contributed by atoms with Crippen molar-refractivity contribution in [2.75, 3.05) is 19.8 Å². The number of rotatable bonds is 6. The Labute approximate surface area is 119 Å². The van der Waals surface area contributed by atoms with Gasteiger partial charge in [-0.25, -0.2) is 4.39 Å². The van der Waals surface area contributed by atoms with Gasteiger partial charge in [0.1, 0.15) is 5.82 Å². The molecule has 0 fully saturated rings. The van der Waals surface area contributed by atoms with Gasteiger partial charge < -0.3 is 10.6 Å². The summed E-state index contributed by atoms with van der Waals surface area (Å²) in [5.74, 6) is 0.407. The minimum absolute atomic E-state index is 0.0757. The Morgan fingerprint density at radius 3 is 2.75 bits per heavy atom. The van der Waals surface area contributed by atoms with Crippen LogP contribution in [0.2, 0.25) is 0 Å². The van der Waals surface area contributed by atoms with Crippen molar-refractivity contribution in [2.45, 2.75) is 33.2 Å². The first-order valence-corrected chi connectivity index (χ1v) is 6.95. The van der Waals surface area contributed by atoms with Crippen molar-refractivity contribution >= 4 is 5.96 Å². The molecule has 5 heteroatoms. The Morgan fingerprint density at radius 2 is 2.15 bits per heavy atom. The number of hydrogen-bond acceptors (Lipinski definition) is 1. The second-order valence-corrected chi connectivity index (χ2v) is 4.68. The second kappa shape index (κ2) is 8.51. The Bertz CT molecular complexity index is 447. The molecule has 3 nitrogen and oxygen atoms in total. The SMILES string of the molecule is CCNC(=NCCCF)NC(C)c1ccc(C)c(F)c1. The Hall–Kier alpha value is -1.65. The fourth-order valence-corrected chi connectivity index (χ4v) is 1.74. The molecule has 0 spiro atoms. The van der Waals surface area contributed by atoms with Crippen LogP contribution < -0.4 is 10.6 Å². The van der Waals surface area contributed by atoms with E-state index in [0.29, 0.717) is 24.5 Å². The summed E-state index contributed by atoms with van der Waals surface area (Å²) in [5, 5.41) is 6.28. The fraction of sp³-hybridized carbons (Fsp3) is 0.533. The van der Waals surface area contributed by atoms with Crippen LogP contribution in [0.5, 0.6) is 0 Å². The van der Waals surface area contributed by atoms with Crippen molar-refractivity contribution in [3.8, 4) is 0 Å². The lowest BCUT2D eigenvalue weighted by atomic mass is 10.1. The summed E-state index contributed by atoms with van der Waals surface area (Å²) in [5.41, 5.74) is 1.48. The van der Waals surface area contributed by atoms with Crippen molar-refractivity contribution in [2.24, 2.45) is 4.99 Å². The van der Waals surface area contributed by atoms with Crippen LogP contribution in [0.1, 0.15) is 37.4 Å². The molecule has 1 aromatic rings. The monoisotopic (exact) mass is 283 g/mol. The largest absolute Gasteiger partial charge is 0.357 e. The predicted octanol–water partition coefficient (Wildman–Crippen LogP) is 3.11. The predicted molar refractivity (Wildman–Crippen MR) is 79.3 cm³/mol. The molecule has 2 N–H and O–H groups in total. The molecule has 0 aromatic heterocycles. The lowest BCUT2D eigenvalue weighted by Crippen LogP contribution is -2.38. The average molecular weight is 283 g/mol. The van der Waals surface area contributed by atoms with Gasteiger partial charge in [-0.15, -0.1) is 0 Å². The molecule has 0 heterocycles. The normalized spacial score (nSPS) is 13.2. The molecule has 1 rings (SSSR count). The molecule has 0 radical (unpaired) electrons.